The molecule has 0 radical (unpaired) electrons. The first-order valence-corrected chi connectivity index (χ1v) is 5.87. The zero-order chi connectivity index (χ0) is 13.0. The lowest BCUT2D eigenvalue weighted by molar-refractivity contribution is 0.108. The van der Waals surface area contributed by atoms with E-state index in [4.69, 9.17) is 10.00 Å². The number of ether oxygens (including phenoxy) is 1. The molecule has 0 heterocycles. The van der Waals surface area contributed by atoms with Crippen LogP contribution in [0.2, 0.25) is 0 Å². The molecular formula is C16H15NO. The van der Waals surface area contributed by atoms with E-state index in [2.05, 4.69) is 6.07 Å². The van der Waals surface area contributed by atoms with Crippen LogP contribution in [0.3, 0.4) is 0 Å². The lowest BCUT2D eigenvalue weighted by Gasteiger charge is -2.27. The molecule has 0 bridgehead atoms. The SMILES string of the molecule is CC(C)(Oc1ccccc1C#N)c1ccccc1. The molecule has 0 atom stereocenters. The maximum atomic E-state index is 9.06. The van der Waals surface area contributed by atoms with Crippen LogP contribution in [0.1, 0.15) is 25.0 Å². The number of rotatable bonds is 3. The zero-order valence-corrected chi connectivity index (χ0v) is 10.6. The fourth-order valence-electron chi connectivity index (χ4n) is 1.82. The molecule has 90 valence electrons. The molecule has 2 aromatic rings. The Bertz CT molecular complexity index is 567. The smallest absolute Gasteiger partial charge is 0.138 e. The van der Waals surface area contributed by atoms with Crippen LogP contribution in [0.25, 0.3) is 0 Å². The van der Waals surface area contributed by atoms with E-state index < -0.39 is 5.60 Å². The van der Waals surface area contributed by atoms with Crippen LogP contribution in [0, 0.1) is 11.3 Å². The van der Waals surface area contributed by atoms with Gasteiger partial charge in [0.25, 0.3) is 0 Å². The van der Waals surface area contributed by atoms with Gasteiger partial charge in [0.05, 0.1) is 5.56 Å². The average Bonchev–Trinajstić information content (AvgIpc) is 2.40. The van der Waals surface area contributed by atoms with Gasteiger partial charge in [0.15, 0.2) is 0 Å². The van der Waals surface area contributed by atoms with Crippen molar-refractivity contribution in [3.8, 4) is 11.8 Å². The Morgan fingerprint density at radius 2 is 1.56 bits per heavy atom. The fraction of sp³-hybridized carbons (Fsp3) is 0.188. The number of hydrogen-bond acceptors (Lipinski definition) is 2. The van der Waals surface area contributed by atoms with E-state index in [0.717, 1.165) is 5.56 Å². The van der Waals surface area contributed by atoms with E-state index in [0.29, 0.717) is 11.3 Å². The van der Waals surface area contributed by atoms with Crippen molar-refractivity contribution in [2.75, 3.05) is 0 Å². The van der Waals surface area contributed by atoms with Gasteiger partial charge in [0.2, 0.25) is 0 Å². The third kappa shape index (κ3) is 2.52. The average molecular weight is 237 g/mol. The van der Waals surface area contributed by atoms with Gasteiger partial charge in [0, 0.05) is 0 Å². The maximum absolute atomic E-state index is 9.06. The Hall–Kier alpha value is -2.27. The molecule has 0 amide bonds. The second-order valence-electron chi connectivity index (χ2n) is 4.59. The molecular weight excluding hydrogens is 222 g/mol. The van der Waals surface area contributed by atoms with Crippen molar-refractivity contribution in [2.24, 2.45) is 0 Å². The summed E-state index contributed by atoms with van der Waals surface area (Å²) in [7, 11) is 0. The van der Waals surface area contributed by atoms with E-state index in [-0.39, 0.29) is 0 Å². The van der Waals surface area contributed by atoms with E-state index in [1.165, 1.54) is 0 Å². The van der Waals surface area contributed by atoms with Gasteiger partial charge in [-0.2, -0.15) is 5.26 Å². The molecule has 2 aromatic carbocycles. The molecule has 2 heteroatoms. The summed E-state index contributed by atoms with van der Waals surface area (Å²) in [5, 5.41) is 9.06. The highest BCUT2D eigenvalue weighted by Gasteiger charge is 2.23. The molecule has 0 N–H and O–H groups in total. The molecule has 0 spiro atoms. The van der Waals surface area contributed by atoms with Crippen LogP contribution >= 0.6 is 0 Å². The van der Waals surface area contributed by atoms with Crippen molar-refractivity contribution < 1.29 is 4.74 Å². The van der Waals surface area contributed by atoms with E-state index in [9.17, 15) is 0 Å². The minimum Gasteiger partial charge on any atom is -0.482 e. The molecule has 0 fully saturated rings. The van der Waals surface area contributed by atoms with Crippen molar-refractivity contribution in [1.82, 2.24) is 0 Å². The van der Waals surface area contributed by atoms with Crippen LogP contribution in [0.15, 0.2) is 54.6 Å². The monoisotopic (exact) mass is 237 g/mol. The Labute approximate surface area is 107 Å². The highest BCUT2D eigenvalue weighted by molar-refractivity contribution is 5.43. The van der Waals surface area contributed by atoms with Gasteiger partial charge in [-0.15, -0.1) is 0 Å². The Kier molecular flexibility index (Phi) is 3.34. The van der Waals surface area contributed by atoms with Crippen LogP contribution in [-0.4, -0.2) is 0 Å². The van der Waals surface area contributed by atoms with Gasteiger partial charge in [-0.25, -0.2) is 0 Å². The number of para-hydroxylation sites is 1. The second kappa shape index (κ2) is 4.93. The number of nitriles is 1. The minimum atomic E-state index is -0.464. The molecule has 0 aromatic heterocycles. The topological polar surface area (TPSA) is 33.0 Å². The summed E-state index contributed by atoms with van der Waals surface area (Å²) in [5.41, 5.74) is 1.17. The van der Waals surface area contributed by atoms with Crippen molar-refractivity contribution in [3.63, 3.8) is 0 Å². The standard InChI is InChI=1S/C16H15NO/c1-16(2,14-9-4-3-5-10-14)18-15-11-7-6-8-13(15)12-17/h3-11H,1-2H3. The fourth-order valence-corrected chi connectivity index (χ4v) is 1.82. The summed E-state index contributed by atoms with van der Waals surface area (Å²) in [6, 6.07) is 19.4. The second-order valence-corrected chi connectivity index (χ2v) is 4.59. The van der Waals surface area contributed by atoms with Crippen LogP contribution in [-0.2, 0) is 5.60 Å². The maximum Gasteiger partial charge on any atom is 0.138 e. The van der Waals surface area contributed by atoms with Crippen LogP contribution < -0.4 is 4.74 Å². The van der Waals surface area contributed by atoms with Gasteiger partial charge in [-0.05, 0) is 31.5 Å². The molecule has 0 aliphatic rings. The first-order chi connectivity index (χ1) is 8.63. The summed E-state index contributed by atoms with van der Waals surface area (Å²) in [4.78, 5) is 0. The van der Waals surface area contributed by atoms with Crippen molar-refractivity contribution in [3.05, 3.63) is 65.7 Å². The summed E-state index contributed by atoms with van der Waals surface area (Å²) in [6.07, 6.45) is 0. The van der Waals surface area contributed by atoms with Crippen molar-refractivity contribution >= 4 is 0 Å². The molecule has 0 saturated carbocycles. The van der Waals surface area contributed by atoms with Crippen molar-refractivity contribution in [1.29, 1.82) is 5.26 Å². The first-order valence-electron chi connectivity index (χ1n) is 5.87. The van der Waals surface area contributed by atoms with E-state index >= 15 is 0 Å². The molecule has 2 rings (SSSR count). The molecule has 0 aliphatic carbocycles. The first kappa shape index (κ1) is 12.2. The third-order valence-corrected chi connectivity index (χ3v) is 2.84. The molecule has 0 saturated heterocycles. The highest BCUT2D eigenvalue weighted by atomic mass is 16.5. The quantitative estimate of drug-likeness (QED) is 0.811. The van der Waals surface area contributed by atoms with Crippen molar-refractivity contribution in [2.45, 2.75) is 19.4 Å². The van der Waals surface area contributed by atoms with Gasteiger partial charge in [-0.1, -0.05) is 42.5 Å². The Morgan fingerprint density at radius 3 is 2.22 bits per heavy atom. The molecule has 2 nitrogen and oxygen atoms in total. The Morgan fingerprint density at radius 1 is 0.944 bits per heavy atom. The van der Waals surface area contributed by atoms with E-state index in [1.54, 1.807) is 6.07 Å². The molecule has 0 unspecified atom stereocenters. The van der Waals surface area contributed by atoms with Gasteiger partial charge < -0.3 is 4.74 Å². The van der Waals surface area contributed by atoms with E-state index in [1.807, 2.05) is 62.4 Å². The molecule has 0 aliphatic heterocycles. The summed E-state index contributed by atoms with van der Waals surface area (Å²) < 4.78 is 5.99. The van der Waals surface area contributed by atoms with Gasteiger partial charge in [-0.3, -0.25) is 0 Å². The van der Waals surface area contributed by atoms with Crippen LogP contribution in [0.4, 0.5) is 0 Å². The van der Waals surface area contributed by atoms with Crippen LogP contribution in [0.5, 0.6) is 5.75 Å². The zero-order valence-electron chi connectivity index (χ0n) is 10.6. The predicted octanol–water partition coefficient (Wildman–Crippen LogP) is 3.87. The Balaban J connectivity index is 2.31. The van der Waals surface area contributed by atoms with Gasteiger partial charge in [0.1, 0.15) is 17.4 Å². The highest BCUT2D eigenvalue weighted by Crippen LogP contribution is 2.29. The minimum absolute atomic E-state index is 0.464. The number of hydrogen-bond donors (Lipinski definition) is 0. The van der Waals surface area contributed by atoms with Gasteiger partial charge >= 0.3 is 0 Å². The number of nitrogens with zero attached hydrogens (tertiary/aromatic N) is 1. The molecule has 18 heavy (non-hydrogen) atoms. The summed E-state index contributed by atoms with van der Waals surface area (Å²) in [5.74, 6) is 0.619. The number of benzene rings is 2. The largest absolute Gasteiger partial charge is 0.482 e. The normalized spacial score (nSPS) is 10.7. The summed E-state index contributed by atoms with van der Waals surface area (Å²) >= 11 is 0. The summed E-state index contributed by atoms with van der Waals surface area (Å²) in [6.45, 7) is 3.99. The predicted molar refractivity (Wildman–Crippen MR) is 71.3 cm³/mol. The lowest BCUT2D eigenvalue weighted by atomic mass is 9.98. The third-order valence-electron chi connectivity index (χ3n) is 2.84. The lowest BCUT2D eigenvalue weighted by Crippen LogP contribution is -2.25.